The van der Waals surface area contributed by atoms with Gasteiger partial charge in [0, 0.05) is 25.5 Å². The molecule has 1 amide bonds. The highest BCUT2D eigenvalue weighted by atomic mass is 16.5. The molecule has 0 bridgehead atoms. The molecule has 1 saturated heterocycles. The van der Waals surface area contributed by atoms with E-state index in [-0.39, 0.29) is 11.9 Å². The number of oxazole rings is 1. The van der Waals surface area contributed by atoms with Gasteiger partial charge in [-0.15, -0.1) is 0 Å². The highest BCUT2D eigenvalue weighted by Crippen LogP contribution is 2.38. The first kappa shape index (κ1) is 10.8. The van der Waals surface area contributed by atoms with E-state index >= 15 is 0 Å². The van der Waals surface area contributed by atoms with Crippen LogP contribution in [0.5, 0.6) is 0 Å². The van der Waals surface area contributed by atoms with Crippen molar-refractivity contribution in [3.8, 4) is 0 Å². The molecule has 1 N–H and O–H groups in total. The molecule has 0 radical (unpaired) electrons. The van der Waals surface area contributed by atoms with Crippen molar-refractivity contribution in [3.05, 3.63) is 17.3 Å². The van der Waals surface area contributed by atoms with E-state index < -0.39 is 0 Å². The molecule has 17 heavy (non-hydrogen) atoms. The number of hydrogen-bond donors (Lipinski definition) is 1. The second-order valence-corrected chi connectivity index (χ2v) is 4.82. The van der Waals surface area contributed by atoms with Crippen LogP contribution in [0.2, 0.25) is 0 Å². The number of nitrogens with zero attached hydrogens (tertiary/aromatic N) is 1. The van der Waals surface area contributed by atoms with Gasteiger partial charge in [0.15, 0.2) is 5.89 Å². The molecule has 92 valence electrons. The van der Waals surface area contributed by atoms with Crippen molar-refractivity contribution in [1.82, 2.24) is 10.3 Å². The minimum absolute atomic E-state index is 0.154. The molecule has 1 aromatic heterocycles. The van der Waals surface area contributed by atoms with E-state index in [0.717, 1.165) is 19.4 Å². The molecule has 2 aliphatic rings. The second-order valence-electron chi connectivity index (χ2n) is 4.82. The normalized spacial score (nSPS) is 30.8. The molecule has 2 heterocycles. The molecule has 2 fully saturated rings. The zero-order valence-electron chi connectivity index (χ0n) is 10.0. The van der Waals surface area contributed by atoms with Gasteiger partial charge in [-0.1, -0.05) is 0 Å². The van der Waals surface area contributed by atoms with Crippen molar-refractivity contribution in [1.29, 1.82) is 0 Å². The summed E-state index contributed by atoms with van der Waals surface area (Å²) in [6.45, 7) is 4.35. The Balaban J connectivity index is 1.66. The number of amides is 1. The highest BCUT2D eigenvalue weighted by molar-refractivity contribution is 5.92. The van der Waals surface area contributed by atoms with Crippen LogP contribution in [0.4, 0.5) is 0 Å². The van der Waals surface area contributed by atoms with Crippen molar-refractivity contribution in [3.63, 3.8) is 0 Å². The van der Waals surface area contributed by atoms with Gasteiger partial charge in [0.1, 0.15) is 0 Å². The predicted octanol–water partition coefficient (Wildman–Crippen LogP) is 1.20. The fourth-order valence-corrected chi connectivity index (χ4v) is 2.74. The fourth-order valence-electron chi connectivity index (χ4n) is 2.74. The van der Waals surface area contributed by atoms with Crippen LogP contribution in [0.15, 0.2) is 4.42 Å². The topological polar surface area (TPSA) is 64.4 Å². The first-order valence-electron chi connectivity index (χ1n) is 6.01. The summed E-state index contributed by atoms with van der Waals surface area (Å²) in [7, 11) is 0. The lowest BCUT2D eigenvalue weighted by molar-refractivity contribution is 0.00770. The van der Waals surface area contributed by atoms with E-state index in [1.807, 2.05) is 0 Å². The molecule has 1 aromatic rings. The zero-order chi connectivity index (χ0) is 12.0. The maximum Gasteiger partial charge on any atom is 0.289 e. The van der Waals surface area contributed by atoms with Gasteiger partial charge in [-0.3, -0.25) is 4.79 Å². The van der Waals surface area contributed by atoms with E-state index in [4.69, 9.17) is 9.15 Å². The molecule has 0 spiro atoms. The van der Waals surface area contributed by atoms with Crippen LogP contribution in [0.1, 0.15) is 35.0 Å². The van der Waals surface area contributed by atoms with Gasteiger partial charge in [-0.05, 0) is 19.8 Å². The number of nitrogens with one attached hydrogen (secondary N) is 1. The summed E-state index contributed by atoms with van der Waals surface area (Å²) in [6.07, 6.45) is 2.32. The van der Waals surface area contributed by atoms with Crippen LogP contribution in [-0.4, -0.2) is 29.6 Å². The molecule has 0 unspecified atom stereocenters. The van der Waals surface area contributed by atoms with Gasteiger partial charge in [0.25, 0.3) is 5.91 Å². The number of rotatable bonds is 2. The van der Waals surface area contributed by atoms with E-state index in [9.17, 15) is 4.79 Å². The Hall–Kier alpha value is -1.36. The molecule has 3 rings (SSSR count). The molecule has 1 aliphatic carbocycles. The maximum atomic E-state index is 12.0. The molecule has 1 aliphatic heterocycles. The van der Waals surface area contributed by atoms with Crippen LogP contribution in [-0.2, 0) is 4.74 Å². The number of ether oxygens (including phenoxy) is 1. The van der Waals surface area contributed by atoms with Gasteiger partial charge >= 0.3 is 0 Å². The Kier molecular flexibility index (Phi) is 2.43. The fraction of sp³-hybridized carbons (Fsp3) is 0.667. The zero-order valence-corrected chi connectivity index (χ0v) is 10.0. The van der Waals surface area contributed by atoms with E-state index in [1.165, 1.54) is 0 Å². The Labute approximate surface area is 99.5 Å². The SMILES string of the molecule is Cc1nc(C)c(C(=O)N[C@H]2C[C@@H]3OCC[C@H]23)o1. The van der Waals surface area contributed by atoms with Crippen molar-refractivity contribution < 1.29 is 13.9 Å². The summed E-state index contributed by atoms with van der Waals surface area (Å²) in [6, 6.07) is 0.236. The lowest BCUT2D eigenvalue weighted by Gasteiger charge is -2.39. The largest absolute Gasteiger partial charge is 0.436 e. The number of aryl methyl sites for hydroxylation is 2. The Morgan fingerprint density at radius 3 is 2.94 bits per heavy atom. The van der Waals surface area contributed by atoms with Crippen molar-refractivity contribution >= 4 is 5.91 Å². The molecule has 3 atom stereocenters. The van der Waals surface area contributed by atoms with E-state index in [2.05, 4.69) is 10.3 Å². The summed E-state index contributed by atoms with van der Waals surface area (Å²) in [4.78, 5) is 16.1. The predicted molar refractivity (Wildman–Crippen MR) is 59.7 cm³/mol. The average Bonchev–Trinajstić information content (AvgIpc) is 2.78. The third-order valence-electron chi connectivity index (χ3n) is 3.69. The van der Waals surface area contributed by atoms with E-state index in [0.29, 0.717) is 29.4 Å². The standard InChI is InChI=1S/C12H16N2O3/c1-6-11(17-7(2)13-6)12(15)14-9-5-10-8(9)3-4-16-10/h8-10H,3-5H2,1-2H3,(H,14,15)/t8-,9+,10+/m1/s1. The summed E-state index contributed by atoms with van der Waals surface area (Å²) >= 11 is 0. The van der Waals surface area contributed by atoms with E-state index in [1.54, 1.807) is 13.8 Å². The van der Waals surface area contributed by atoms with Gasteiger partial charge in [0.05, 0.1) is 11.8 Å². The molecule has 0 aromatic carbocycles. The van der Waals surface area contributed by atoms with Crippen LogP contribution in [0.25, 0.3) is 0 Å². The van der Waals surface area contributed by atoms with Crippen molar-refractivity contribution in [2.75, 3.05) is 6.61 Å². The van der Waals surface area contributed by atoms with Crippen LogP contribution in [0.3, 0.4) is 0 Å². The molecular formula is C12H16N2O3. The minimum Gasteiger partial charge on any atom is -0.436 e. The average molecular weight is 236 g/mol. The van der Waals surface area contributed by atoms with Gasteiger partial charge < -0.3 is 14.5 Å². The molecule has 5 nitrogen and oxygen atoms in total. The van der Waals surface area contributed by atoms with Gasteiger partial charge in [-0.2, -0.15) is 0 Å². The lowest BCUT2D eigenvalue weighted by Crippen LogP contribution is -2.53. The van der Waals surface area contributed by atoms with Crippen LogP contribution in [0, 0.1) is 19.8 Å². The van der Waals surface area contributed by atoms with Gasteiger partial charge in [-0.25, -0.2) is 4.98 Å². The number of fused-ring (bicyclic) bond motifs is 1. The summed E-state index contributed by atoms with van der Waals surface area (Å²) in [5.41, 5.74) is 0.651. The summed E-state index contributed by atoms with van der Waals surface area (Å²) in [5.74, 6) is 1.20. The Bertz CT molecular complexity index is 455. The summed E-state index contributed by atoms with van der Waals surface area (Å²) in [5, 5.41) is 3.01. The Morgan fingerprint density at radius 1 is 1.47 bits per heavy atom. The quantitative estimate of drug-likeness (QED) is 0.838. The van der Waals surface area contributed by atoms with Crippen LogP contribution >= 0.6 is 0 Å². The number of aromatic nitrogens is 1. The first-order valence-corrected chi connectivity index (χ1v) is 6.01. The molecule has 5 heteroatoms. The minimum atomic E-state index is -0.154. The van der Waals surface area contributed by atoms with Crippen LogP contribution < -0.4 is 5.32 Å². The lowest BCUT2D eigenvalue weighted by atomic mass is 9.76. The maximum absolute atomic E-state index is 12.0. The second kappa shape index (κ2) is 3.84. The van der Waals surface area contributed by atoms with Gasteiger partial charge in [0.2, 0.25) is 5.76 Å². The Morgan fingerprint density at radius 2 is 2.29 bits per heavy atom. The van der Waals surface area contributed by atoms with Crippen molar-refractivity contribution in [2.45, 2.75) is 38.8 Å². The van der Waals surface area contributed by atoms with Crippen molar-refractivity contribution in [2.24, 2.45) is 5.92 Å². The third kappa shape index (κ3) is 1.74. The molecular weight excluding hydrogens is 220 g/mol. The highest BCUT2D eigenvalue weighted by Gasteiger charge is 2.46. The third-order valence-corrected chi connectivity index (χ3v) is 3.69. The monoisotopic (exact) mass is 236 g/mol. The first-order chi connectivity index (χ1) is 8.15. The number of carbonyl (C=O) groups is 1. The smallest absolute Gasteiger partial charge is 0.289 e. The summed E-state index contributed by atoms with van der Waals surface area (Å²) < 4.78 is 10.8. The molecule has 1 saturated carbocycles. The number of carbonyl (C=O) groups excluding carboxylic acids is 1. The number of hydrogen-bond acceptors (Lipinski definition) is 4.